The summed E-state index contributed by atoms with van der Waals surface area (Å²) < 4.78 is 38.8. The molecule has 0 aliphatic rings. The van der Waals surface area contributed by atoms with Gasteiger partial charge in [0.1, 0.15) is 11.3 Å². The molecule has 0 fully saturated rings. The lowest BCUT2D eigenvalue weighted by molar-refractivity contribution is -0.137. The lowest BCUT2D eigenvalue weighted by Gasteiger charge is -2.20. The second-order valence-corrected chi connectivity index (χ2v) is 6.40. The Labute approximate surface area is 148 Å². The Morgan fingerprint density at radius 1 is 1.23 bits per heavy atom. The topological polar surface area (TPSA) is 73.8 Å². The Morgan fingerprint density at radius 2 is 2.00 bits per heavy atom. The van der Waals surface area contributed by atoms with Gasteiger partial charge in [0, 0.05) is 11.8 Å². The number of aromatic nitrogens is 3. The molecule has 0 radical (unpaired) electrons. The highest BCUT2D eigenvalue weighted by Crippen LogP contribution is 2.32. The van der Waals surface area contributed by atoms with Gasteiger partial charge >= 0.3 is 6.18 Å². The number of imidazole rings is 1. The van der Waals surface area contributed by atoms with Crippen LogP contribution in [0.2, 0.25) is 0 Å². The number of benzene rings is 1. The molecule has 1 aromatic carbocycles. The monoisotopic (exact) mass is 364 g/mol. The molecule has 3 rings (SSSR count). The summed E-state index contributed by atoms with van der Waals surface area (Å²) >= 11 is 0. The average molecular weight is 364 g/mol. The molecule has 0 aliphatic heterocycles. The Hall–Kier alpha value is -2.61. The summed E-state index contributed by atoms with van der Waals surface area (Å²) in [4.78, 5) is 11.7. The Morgan fingerprint density at radius 3 is 2.65 bits per heavy atom. The molecule has 8 heteroatoms. The Kier molecular flexibility index (Phi) is 4.86. The maximum Gasteiger partial charge on any atom is 0.416 e. The van der Waals surface area contributed by atoms with Crippen molar-refractivity contribution in [2.45, 2.75) is 26.1 Å². The van der Waals surface area contributed by atoms with Crippen LogP contribution in [0, 0.1) is 5.92 Å². The number of hydrogen-bond acceptors (Lipinski definition) is 4. The number of anilines is 1. The number of fused-ring (bicyclic) bond motifs is 1. The van der Waals surface area contributed by atoms with E-state index in [2.05, 4.69) is 20.3 Å². The van der Waals surface area contributed by atoms with Gasteiger partial charge in [-0.3, -0.25) is 0 Å². The first-order chi connectivity index (χ1) is 12.3. The van der Waals surface area contributed by atoms with E-state index in [1.807, 2.05) is 13.8 Å². The minimum absolute atomic E-state index is 0.0688. The lowest BCUT2D eigenvalue weighted by Crippen LogP contribution is -2.29. The number of H-pyrrole nitrogens is 1. The third-order valence-corrected chi connectivity index (χ3v) is 4.19. The first-order valence-corrected chi connectivity index (χ1v) is 8.19. The lowest BCUT2D eigenvalue weighted by atomic mass is 10.1. The highest BCUT2D eigenvalue weighted by atomic mass is 19.4. The van der Waals surface area contributed by atoms with Crippen molar-refractivity contribution in [1.82, 2.24) is 15.0 Å². The summed E-state index contributed by atoms with van der Waals surface area (Å²) in [5.74, 6) is 0.968. The van der Waals surface area contributed by atoms with Gasteiger partial charge in [0.25, 0.3) is 0 Å². The van der Waals surface area contributed by atoms with Crippen LogP contribution in [0.15, 0.2) is 36.5 Å². The van der Waals surface area contributed by atoms with E-state index >= 15 is 0 Å². The summed E-state index contributed by atoms with van der Waals surface area (Å²) in [6, 6.07) is 6.50. The zero-order chi connectivity index (χ0) is 18.9. The summed E-state index contributed by atoms with van der Waals surface area (Å²) in [5.41, 5.74) is 0.769. The molecule has 0 amide bonds. The molecule has 2 aromatic heterocycles. The standard InChI is InChI=1S/C18H19F3N4O/c1-10(2)14(9-26)24-17-15-13(6-7-22-17)23-16(25-15)11-4-3-5-12(8-11)18(19,20)21/h3-8,10,14,26H,9H2,1-2H3,(H,22,24)(H,23,25)/t14-/m0/s1. The van der Waals surface area contributed by atoms with Crippen molar-refractivity contribution in [3.8, 4) is 11.4 Å². The zero-order valence-corrected chi connectivity index (χ0v) is 14.3. The highest BCUT2D eigenvalue weighted by molar-refractivity contribution is 5.88. The van der Waals surface area contributed by atoms with E-state index < -0.39 is 11.7 Å². The molecule has 1 atom stereocenters. The summed E-state index contributed by atoms with van der Waals surface area (Å²) in [5, 5.41) is 12.6. The number of aliphatic hydroxyl groups is 1. The minimum atomic E-state index is -4.41. The molecule has 0 bridgehead atoms. The number of aliphatic hydroxyl groups excluding tert-OH is 1. The number of pyridine rings is 1. The van der Waals surface area contributed by atoms with Gasteiger partial charge in [0.2, 0.25) is 0 Å². The minimum Gasteiger partial charge on any atom is -0.394 e. The summed E-state index contributed by atoms with van der Waals surface area (Å²) in [6.45, 7) is 3.86. The van der Waals surface area contributed by atoms with Crippen LogP contribution >= 0.6 is 0 Å². The largest absolute Gasteiger partial charge is 0.416 e. The number of aromatic amines is 1. The van der Waals surface area contributed by atoms with E-state index in [9.17, 15) is 18.3 Å². The van der Waals surface area contributed by atoms with Gasteiger partial charge in [-0.1, -0.05) is 26.0 Å². The van der Waals surface area contributed by atoms with Crippen molar-refractivity contribution >= 4 is 16.9 Å². The van der Waals surface area contributed by atoms with Crippen molar-refractivity contribution in [2.24, 2.45) is 5.92 Å². The normalized spacial score (nSPS) is 13.3. The molecule has 26 heavy (non-hydrogen) atoms. The molecule has 3 aromatic rings. The van der Waals surface area contributed by atoms with Gasteiger partial charge in [-0.2, -0.15) is 13.2 Å². The van der Waals surface area contributed by atoms with Gasteiger partial charge in [-0.25, -0.2) is 9.97 Å². The maximum absolute atomic E-state index is 12.9. The van der Waals surface area contributed by atoms with Crippen LogP contribution in [0.4, 0.5) is 19.0 Å². The van der Waals surface area contributed by atoms with E-state index in [0.717, 1.165) is 12.1 Å². The zero-order valence-electron chi connectivity index (χ0n) is 14.3. The van der Waals surface area contributed by atoms with Crippen LogP contribution in [0.5, 0.6) is 0 Å². The average Bonchev–Trinajstić information content (AvgIpc) is 3.03. The number of rotatable bonds is 5. The molecular formula is C18H19F3N4O. The molecule has 0 saturated heterocycles. The molecule has 2 heterocycles. The summed E-state index contributed by atoms with van der Waals surface area (Å²) in [7, 11) is 0. The van der Waals surface area contributed by atoms with Crippen LogP contribution in [-0.2, 0) is 6.18 Å². The number of nitrogens with one attached hydrogen (secondary N) is 2. The van der Waals surface area contributed by atoms with E-state index in [0.29, 0.717) is 28.2 Å². The van der Waals surface area contributed by atoms with Crippen LogP contribution in [0.1, 0.15) is 19.4 Å². The maximum atomic E-state index is 12.9. The molecule has 3 N–H and O–H groups in total. The van der Waals surface area contributed by atoms with Gasteiger partial charge < -0.3 is 15.4 Å². The van der Waals surface area contributed by atoms with Crippen molar-refractivity contribution in [3.63, 3.8) is 0 Å². The van der Waals surface area contributed by atoms with Gasteiger partial charge in [0.05, 0.1) is 23.7 Å². The molecular weight excluding hydrogens is 345 g/mol. The van der Waals surface area contributed by atoms with Crippen molar-refractivity contribution < 1.29 is 18.3 Å². The third kappa shape index (κ3) is 3.65. The Balaban J connectivity index is 2.01. The van der Waals surface area contributed by atoms with Gasteiger partial charge in [-0.05, 0) is 24.1 Å². The summed E-state index contributed by atoms with van der Waals surface area (Å²) in [6.07, 6.45) is -2.84. The van der Waals surface area contributed by atoms with Crippen molar-refractivity contribution in [3.05, 3.63) is 42.1 Å². The molecule has 138 valence electrons. The molecule has 0 aliphatic carbocycles. The van der Waals surface area contributed by atoms with Crippen LogP contribution < -0.4 is 5.32 Å². The molecule has 0 spiro atoms. The van der Waals surface area contributed by atoms with Crippen LogP contribution in [0.3, 0.4) is 0 Å². The molecule has 0 saturated carbocycles. The quantitative estimate of drug-likeness (QED) is 0.638. The van der Waals surface area contributed by atoms with E-state index in [1.165, 1.54) is 6.07 Å². The van der Waals surface area contributed by atoms with Crippen molar-refractivity contribution in [1.29, 1.82) is 0 Å². The second-order valence-electron chi connectivity index (χ2n) is 6.40. The number of alkyl halides is 3. The molecule has 5 nitrogen and oxygen atoms in total. The highest BCUT2D eigenvalue weighted by Gasteiger charge is 2.30. The van der Waals surface area contributed by atoms with Gasteiger partial charge in [0.15, 0.2) is 5.82 Å². The second kappa shape index (κ2) is 6.95. The Bertz CT molecular complexity index is 905. The van der Waals surface area contributed by atoms with Crippen molar-refractivity contribution in [2.75, 3.05) is 11.9 Å². The smallest absolute Gasteiger partial charge is 0.394 e. The fourth-order valence-electron chi connectivity index (χ4n) is 2.62. The third-order valence-electron chi connectivity index (χ3n) is 4.19. The van der Waals surface area contributed by atoms with Crippen LogP contribution in [0.25, 0.3) is 22.4 Å². The van der Waals surface area contributed by atoms with E-state index in [1.54, 1.807) is 18.3 Å². The number of hydrogen-bond donors (Lipinski definition) is 3. The van der Waals surface area contributed by atoms with Gasteiger partial charge in [-0.15, -0.1) is 0 Å². The molecule has 0 unspecified atom stereocenters. The predicted molar refractivity (Wildman–Crippen MR) is 93.7 cm³/mol. The fraction of sp³-hybridized carbons (Fsp3) is 0.333. The first-order valence-electron chi connectivity index (χ1n) is 8.19. The number of nitrogens with zero attached hydrogens (tertiary/aromatic N) is 2. The first kappa shape index (κ1) is 18.2. The van der Waals surface area contributed by atoms with E-state index in [-0.39, 0.29) is 18.6 Å². The number of halogens is 3. The van der Waals surface area contributed by atoms with E-state index in [4.69, 9.17) is 0 Å². The van der Waals surface area contributed by atoms with Crippen LogP contribution in [-0.4, -0.2) is 32.7 Å². The predicted octanol–water partition coefficient (Wildman–Crippen LogP) is 4.07. The fourth-order valence-corrected chi connectivity index (χ4v) is 2.62. The SMILES string of the molecule is CC(C)[C@H](CO)Nc1nccc2[nH]c(-c3cccc(C(F)(F)F)c3)nc12.